The van der Waals surface area contributed by atoms with Gasteiger partial charge in [-0.3, -0.25) is 0 Å². The van der Waals surface area contributed by atoms with Gasteiger partial charge in [-0.15, -0.1) is 0 Å². The highest BCUT2D eigenvalue weighted by Gasteiger charge is 2.04. The first-order chi connectivity index (χ1) is 9.60. The molecule has 2 aromatic rings. The van der Waals surface area contributed by atoms with Crippen molar-refractivity contribution in [3.63, 3.8) is 0 Å². The van der Waals surface area contributed by atoms with E-state index in [9.17, 15) is 0 Å². The fraction of sp³-hybridized carbons (Fsp3) is 0.188. The summed E-state index contributed by atoms with van der Waals surface area (Å²) in [6.45, 7) is 4.50. The number of nitrogens with zero attached hydrogens (tertiary/aromatic N) is 1. The number of rotatable bonds is 4. The van der Waals surface area contributed by atoms with Gasteiger partial charge >= 0.3 is 0 Å². The molecule has 104 valence electrons. The first-order valence-electron chi connectivity index (χ1n) is 6.37. The van der Waals surface area contributed by atoms with Gasteiger partial charge in [0.15, 0.2) is 5.84 Å². The molecule has 2 aromatic carbocycles. The number of hydrogen-bond donors (Lipinski definition) is 2. The molecule has 3 N–H and O–H groups in total. The number of benzene rings is 2. The zero-order chi connectivity index (χ0) is 14.5. The third-order valence-corrected chi connectivity index (χ3v) is 3.13. The van der Waals surface area contributed by atoms with E-state index in [2.05, 4.69) is 5.16 Å². The number of oxime groups is 1. The van der Waals surface area contributed by atoms with E-state index in [0.29, 0.717) is 12.2 Å². The van der Waals surface area contributed by atoms with Crippen LogP contribution < -0.4 is 10.5 Å². The summed E-state index contributed by atoms with van der Waals surface area (Å²) in [6.07, 6.45) is 0. The monoisotopic (exact) mass is 270 g/mol. The van der Waals surface area contributed by atoms with Gasteiger partial charge in [0.1, 0.15) is 12.4 Å². The second-order valence-corrected chi connectivity index (χ2v) is 4.73. The van der Waals surface area contributed by atoms with Gasteiger partial charge in [0.2, 0.25) is 0 Å². The topological polar surface area (TPSA) is 67.8 Å². The van der Waals surface area contributed by atoms with Crippen LogP contribution in [0, 0.1) is 13.8 Å². The summed E-state index contributed by atoms with van der Waals surface area (Å²) in [6, 6.07) is 13.6. The summed E-state index contributed by atoms with van der Waals surface area (Å²) in [5.74, 6) is 0.962. The van der Waals surface area contributed by atoms with E-state index < -0.39 is 0 Å². The molecule has 4 heteroatoms. The molecule has 0 aliphatic carbocycles. The van der Waals surface area contributed by atoms with Crippen LogP contribution in [0.5, 0.6) is 5.75 Å². The van der Waals surface area contributed by atoms with E-state index in [1.165, 1.54) is 5.56 Å². The predicted octanol–water partition coefficient (Wildman–Crippen LogP) is 2.98. The molecule has 2 rings (SSSR count). The van der Waals surface area contributed by atoms with Gasteiger partial charge in [-0.2, -0.15) is 0 Å². The molecule has 0 spiro atoms. The fourth-order valence-corrected chi connectivity index (χ4v) is 1.94. The predicted molar refractivity (Wildman–Crippen MR) is 79.2 cm³/mol. The van der Waals surface area contributed by atoms with E-state index in [1.54, 1.807) is 0 Å². The fourth-order valence-electron chi connectivity index (χ4n) is 1.94. The molecule has 0 saturated carbocycles. The van der Waals surface area contributed by atoms with Crippen LogP contribution in [0.25, 0.3) is 0 Å². The minimum atomic E-state index is 0.110. The van der Waals surface area contributed by atoms with Crippen molar-refractivity contribution in [2.24, 2.45) is 10.9 Å². The summed E-state index contributed by atoms with van der Waals surface area (Å²) in [7, 11) is 0. The van der Waals surface area contributed by atoms with Crippen molar-refractivity contribution in [1.29, 1.82) is 0 Å². The highest BCUT2D eigenvalue weighted by atomic mass is 16.5. The average molecular weight is 270 g/mol. The summed E-state index contributed by atoms with van der Waals surface area (Å²) in [4.78, 5) is 0. The lowest BCUT2D eigenvalue weighted by atomic mass is 10.1. The van der Waals surface area contributed by atoms with Gasteiger partial charge < -0.3 is 15.7 Å². The Morgan fingerprint density at radius 3 is 2.65 bits per heavy atom. The summed E-state index contributed by atoms with van der Waals surface area (Å²) in [5, 5.41) is 11.7. The lowest BCUT2D eigenvalue weighted by Gasteiger charge is -2.10. The molecule has 0 atom stereocenters. The molecule has 0 unspecified atom stereocenters. The maximum atomic E-state index is 8.66. The highest BCUT2D eigenvalue weighted by Crippen LogP contribution is 2.17. The van der Waals surface area contributed by atoms with E-state index in [0.717, 1.165) is 16.9 Å². The Labute approximate surface area is 118 Å². The minimum absolute atomic E-state index is 0.110. The maximum absolute atomic E-state index is 8.66. The Kier molecular flexibility index (Phi) is 4.25. The van der Waals surface area contributed by atoms with Crippen LogP contribution in [0.3, 0.4) is 0 Å². The molecule has 0 aliphatic rings. The molecule has 0 amide bonds. The molecule has 0 heterocycles. The van der Waals surface area contributed by atoms with Crippen LogP contribution >= 0.6 is 0 Å². The number of amidine groups is 1. The standard InChI is InChI=1S/C16H18N2O2/c1-11-4-3-5-15(8-11)20-10-14-7-6-13(9-12(14)2)16(17)18-19/h3-9,19H,10H2,1-2H3,(H2,17,18). The van der Waals surface area contributed by atoms with Crippen LogP contribution in [-0.2, 0) is 6.61 Å². The van der Waals surface area contributed by atoms with Crippen molar-refractivity contribution < 1.29 is 9.94 Å². The van der Waals surface area contributed by atoms with Crippen molar-refractivity contribution in [3.8, 4) is 5.75 Å². The third-order valence-electron chi connectivity index (χ3n) is 3.13. The molecule has 0 bridgehead atoms. The van der Waals surface area contributed by atoms with E-state index in [4.69, 9.17) is 15.7 Å². The average Bonchev–Trinajstić information content (AvgIpc) is 2.45. The molecule has 4 nitrogen and oxygen atoms in total. The zero-order valence-corrected chi connectivity index (χ0v) is 11.6. The Morgan fingerprint density at radius 2 is 2.00 bits per heavy atom. The molecule has 20 heavy (non-hydrogen) atoms. The van der Waals surface area contributed by atoms with Crippen molar-refractivity contribution in [2.75, 3.05) is 0 Å². The van der Waals surface area contributed by atoms with Crippen LogP contribution in [0.2, 0.25) is 0 Å². The number of nitrogens with two attached hydrogens (primary N) is 1. The van der Waals surface area contributed by atoms with Gasteiger partial charge in [-0.1, -0.05) is 29.4 Å². The van der Waals surface area contributed by atoms with Crippen LogP contribution in [0.15, 0.2) is 47.6 Å². The van der Waals surface area contributed by atoms with Crippen LogP contribution in [0.1, 0.15) is 22.3 Å². The van der Waals surface area contributed by atoms with E-state index in [1.807, 2.05) is 56.3 Å². The third kappa shape index (κ3) is 3.29. The van der Waals surface area contributed by atoms with Crippen molar-refractivity contribution >= 4 is 5.84 Å². The first-order valence-corrected chi connectivity index (χ1v) is 6.37. The molecular formula is C16H18N2O2. The molecule has 0 aromatic heterocycles. The molecule has 0 aliphatic heterocycles. The first kappa shape index (κ1) is 13.9. The van der Waals surface area contributed by atoms with Gasteiger partial charge in [0.25, 0.3) is 0 Å². The van der Waals surface area contributed by atoms with Crippen molar-refractivity contribution in [3.05, 3.63) is 64.7 Å². The number of ether oxygens (including phenoxy) is 1. The van der Waals surface area contributed by atoms with Crippen molar-refractivity contribution in [1.82, 2.24) is 0 Å². The Hall–Kier alpha value is -2.49. The molecule has 0 saturated heterocycles. The van der Waals surface area contributed by atoms with E-state index >= 15 is 0 Å². The molecular weight excluding hydrogens is 252 g/mol. The number of aryl methyl sites for hydroxylation is 2. The normalized spacial score (nSPS) is 11.4. The molecule has 0 fully saturated rings. The lowest BCUT2D eigenvalue weighted by Crippen LogP contribution is -2.13. The Bertz CT molecular complexity index is 636. The quantitative estimate of drug-likeness (QED) is 0.388. The zero-order valence-electron chi connectivity index (χ0n) is 11.6. The SMILES string of the molecule is Cc1cccc(OCc2ccc(/C(N)=N/O)cc2C)c1. The number of hydrogen-bond acceptors (Lipinski definition) is 3. The van der Waals surface area contributed by atoms with Gasteiger partial charge in [-0.25, -0.2) is 0 Å². The highest BCUT2D eigenvalue weighted by molar-refractivity contribution is 5.97. The van der Waals surface area contributed by atoms with Gasteiger partial charge in [-0.05, 0) is 48.7 Å². The lowest BCUT2D eigenvalue weighted by molar-refractivity contribution is 0.305. The Balaban J connectivity index is 2.11. The smallest absolute Gasteiger partial charge is 0.170 e. The van der Waals surface area contributed by atoms with Gasteiger partial charge in [0, 0.05) is 5.56 Å². The minimum Gasteiger partial charge on any atom is -0.489 e. The van der Waals surface area contributed by atoms with Crippen LogP contribution in [0.4, 0.5) is 0 Å². The van der Waals surface area contributed by atoms with Crippen LogP contribution in [-0.4, -0.2) is 11.0 Å². The second kappa shape index (κ2) is 6.10. The summed E-state index contributed by atoms with van der Waals surface area (Å²) < 4.78 is 5.77. The van der Waals surface area contributed by atoms with Crippen molar-refractivity contribution in [2.45, 2.75) is 20.5 Å². The summed E-state index contributed by atoms with van der Waals surface area (Å²) >= 11 is 0. The largest absolute Gasteiger partial charge is 0.489 e. The van der Waals surface area contributed by atoms with Gasteiger partial charge in [0.05, 0.1) is 0 Å². The molecule has 0 radical (unpaired) electrons. The summed E-state index contributed by atoms with van der Waals surface area (Å²) in [5.41, 5.74) is 9.54. The Morgan fingerprint density at radius 1 is 1.20 bits per heavy atom. The second-order valence-electron chi connectivity index (χ2n) is 4.73. The maximum Gasteiger partial charge on any atom is 0.170 e. The van der Waals surface area contributed by atoms with E-state index in [-0.39, 0.29) is 5.84 Å².